The Kier molecular flexibility index (Phi) is 6.21. The van der Waals surface area contributed by atoms with Crippen LogP contribution in [0.3, 0.4) is 0 Å². The fourth-order valence-corrected chi connectivity index (χ4v) is 2.52. The normalized spacial score (nSPS) is 11.3. The maximum Gasteiger partial charge on any atom is 0.416 e. The zero-order chi connectivity index (χ0) is 20.9. The van der Waals surface area contributed by atoms with E-state index in [2.05, 4.69) is 10.3 Å². The third kappa shape index (κ3) is 5.84. The second-order valence-electron chi connectivity index (χ2n) is 6.42. The van der Waals surface area contributed by atoms with Crippen molar-refractivity contribution in [2.24, 2.45) is 0 Å². The predicted octanol–water partition coefficient (Wildman–Crippen LogP) is 4.41. The summed E-state index contributed by atoms with van der Waals surface area (Å²) < 4.78 is 48.2. The number of nitrogens with one attached hydrogen (secondary N) is 1. The number of carbonyl (C=O) groups excluding carboxylic acids is 1. The summed E-state index contributed by atoms with van der Waals surface area (Å²) in [5.74, 6) is 0.316. The molecule has 0 aliphatic heterocycles. The summed E-state index contributed by atoms with van der Waals surface area (Å²) in [7, 11) is 0. The van der Waals surface area contributed by atoms with E-state index < -0.39 is 11.7 Å². The summed E-state index contributed by atoms with van der Waals surface area (Å²) in [5.41, 5.74) is 1.94. The molecule has 5 nitrogen and oxygen atoms in total. The van der Waals surface area contributed by atoms with Crippen LogP contribution in [0.4, 0.5) is 13.2 Å². The van der Waals surface area contributed by atoms with E-state index in [-0.39, 0.29) is 18.3 Å². The number of alkyl halides is 3. The quantitative estimate of drug-likeness (QED) is 0.634. The Balaban J connectivity index is 1.41. The highest BCUT2D eigenvalue weighted by Gasteiger charge is 2.30. The van der Waals surface area contributed by atoms with E-state index in [1.54, 1.807) is 6.26 Å². The minimum atomic E-state index is -4.41. The summed E-state index contributed by atoms with van der Waals surface area (Å²) >= 11 is 0. The Morgan fingerprint density at radius 1 is 1.10 bits per heavy atom. The first-order chi connectivity index (χ1) is 13.8. The summed E-state index contributed by atoms with van der Waals surface area (Å²) in [6.07, 6.45) is -2.39. The lowest BCUT2D eigenvalue weighted by atomic mass is 10.1. The average molecular weight is 404 g/mol. The first kappa shape index (κ1) is 20.4. The molecule has 3 aromatic rings. The number of carbonyl (C=O) groups is 1. The largest absolute Gasteiger partial charge is 0.484 e. The maximum absolute atomic E-state index is 12.5. The second-order valence-corrected chi connectivity index (χ2v) is 6.42. The monoisotopic (exact) mass is 404 g/mol. The molecule has 0 unspecified atom stereocenters. The van der Waals surface area contributed by atoms with Crippen molar-refractivity contribution in [3.05, 3.63) is 71.6 Å². The number of aryl methyl sites for hydroxylation is 1. The second kappa shape index (κ2) is 8.81. The van der Waals surface area contributed by atoms with Crippen LogP contribution in [0.25, 0.3) is 11.5 Å². The molecule has 1 heterocycles. The Bertz CT molecular complexity index is 949. The van der Waals surface area contributed by atoms with Gasteiger partial charge in [0.25, 0.3) is 5.91 Å². The number of rotatable bonds is 7. The van der Waals surface area contributed by atoms with Gasteiger partial charge in [0, 0.05) is 18.5 Å². The van der Waals surface area contributed by atoms with E-state index in [1.807, 2.05) is 31.2 Å². The molecule has 152 valence electrons. The van der Waals surface area contributed by atoms with Gasteiger partial charge in [-0.3, -0.25) is 4.79 Å². The molecule has 2 aromatic carbocycles. The lowest BCUT2D eigenvalue weighted by Crippen LogP contribution is -2.30. The molecule has 0 bridgehead atoms. The number of oxazole rings is 1. The van der Waals surface area contributed by atoms with Gasteiger partial charge in [-0.2, -0.15) is 13.2 Å². The van der Waals surface area contributed by atoms with Crippen molar-refractivity contribution >= 4 is 5.91 Å². The molecule has 3 rings (SSSR count). The van der Waals surface area contributed by atoms with Crippen LogP contribution in [0.5, 0.6) is 5.75 Å². The highest BCUT2D eigenvalue weighted by atomic mass is 19.4. The Labute approximate surface area is 165 Å². The fraction of sp³-hybridized carbons (Fsp3) is 0.238. The van der Waals surface area contributed by atoms with Gasteiger partial charge in [0.1, 0.15) is 12.0 Å². The van der Waals surface area contributed by atoms with Gasteiger partial charge in [-0.05, 0) is 43.3 Å². The van der Waals surface area contributed by atoms with Gasteiger partial charge in [0.05, 0.1) is 11.3 Å². The van der Waals surface area contributed by atoms with Crippen molar-refractivity contribution in [2.75, 3.05) is 13.2 Å². The summed E-state index contributed by atoms with van der Waals surface area (Å²) in [5, 5.41) is 2.67. The highest BCUT2D eigenvalue weighted by molar-refractivity contribution is 5.77. The van der Waals surface area contributed by atoms with Gasteiger partial charge in [-0.15, -0.1) is 0 Å². The van der Waals surface area contributed by atoms with E-state index >= 15 is 0 Å². The van der Waals surface area contributed by atoms with Crippen LogP contribution in [-0.4, -0.2) is 24.0 Å². The van der Waals surface area contributed by atoms with Crippen LogP contribution in [0.15, 0.2) is 59.2 Å². The molecule has 0 saturated heterocycles. The van der Waals surface area contributed by atoms with Crippen molar-refractivity contribution < 1.29 is 27.1 Å². The number of hydrogen-bond acceptors (Lipinski definition) is 4. The average Bonchev–Trinajstić information content (AvgIpc) is 3.15. The van der Waals surface area contributed by atoms with Crippen LogP contribution in [0, 0.1) is 6.92 Å². The van der Waals surface area contributed by atoms with Crippen molar-refractivity contribution in [1.29, 1.82) is 0 Å². The molecule has 0 aliphatic carbocycles. The third-order valence-electron chi connectivity index (χ3n) is 4.11. The van der Waals surface area contributed by atoms with E-state index in [9.17, 15) is 18.0 Å². The molecule has 0 saturated carbocycles. The molecular weight excluding hydrogens is 385 g/mol. The van der Waals surface area contributed by atoms with Gasteiger partial charge < -0.3 is 14.5 Å². The number of aromatic nitrogens is 1. The zero-order valence-electron chi connectivity index (χ0n) is 15.6. The SMILES string of the molecule is Cc1ccc(-c2nc(CCNC(=O)COc3ccc(C(F)(F)F)cc3)co2)cc1. The van der Waals surface area contributed by atoms with Crippen LogP contribution in [0.2, 0.25) is 0 Å². The van der Waals surface area contributed by atoms with E-state index in [0.29, 0.717) is 24.6 Å². The fourth-order valence-electron chi connectivity index (χ4n) is 2.52. The molecule has 0 spiro atoms. The van der Waals surface area contributed by atoms with Gasteiger partial charge >= 0.3 is 6.18 Å². The first-order valence-electron chi connectivity index (χ1n) is 8.89. The standard InChI is InChI=1S/C21H19F3N2O3/c1-14-2-4-15(5-3-14)20-26-17(12-29-20)10-11-25-19(27)13-28-18-8-6-16(7-9-18)21(22,23)24/h2-9,12H,10-11,13H2,1H3,(H,25,27). The molecule has 0 atom stereocenters. The molecular formula is C21H19F3N2O3. The van der Waals surface area contributed by atoms with E-state index in [4.69, 9.17) is 9.15 Å². The molecule has 0 aliphatic rings. The van der Waals surface area contributed by atoms with Gasteiger partial charge in [0.2, 0.25) is 5.89 Å². The number of hydrogen-bond donors (Lipinski definition) is 1. The number of ether oxygens (including phenoxy) is 1. The van der Waals surface area contributed by atoms with Gasteiger partial charge in [-0.1, -0.05) is 17.7 Å². The van der Waals surface area contributed by atoms with Crippen LogP contribution >= 0.6 is 0 Å². The molecule has 8 heteroatoms. The molecule has 1 aromatic heterocycles. The zero-order valence-corrected chi connectivity index (χ0v) is 15.6. The van der Waals surface area contributed by atoms with Crippen LogP contribution < -0.4 is 10.1 Å². The lowest BCUT2D eigenvalue weighted by Gasteiger charge is -2.09. The lowest BCUT2D eigenvalue weighted by molar-refractivity contribution is -0.137. The smallest absolute Gasteiger partial charge is 0.416 e. The number of nitrogens with zero attached hydrogens (tertiary/aromatic N) is 1. The number of halogens is 3. The number of amides is 1. The first-order valence-corrected chi connectivity index (χ1v) is 8.89. The third-order valence-corrected chi connectivity index (χ3v) is 4.11. The minimum absolute atomic E-state index is 0.187. The van der Waals surface area contributed by atoms with Crippen molar-refractivity contribution in [3.8, 4) is 17.2 Å². The molecule has 29 heavy (non-hydrogen) atoms. The van der Waals surface area contributed by atoms with Gasteiger partial charge in [-0.25, -0.2) is 4.98 Å². The summed E-state index contributed by atoms with van der Waals surface area (Å²) in [4.78, 5) is 16.2. The van der Waals surface area contributed by atoms with E-state index in [0.717, 1.165) is 23.3 Å². The summed E-state index contributed by atoms with van der Waals surface area (Å²) in [6, 6.07) is 12.0. The van der Waals surface area contributed by atoms with Crippen molar-refractivity contribution in [1.82, 2.24) is 10.3 Å². The predicted molar refractivity (Wildman–Crippen MR) is 100 cm³/mol. The van der Waals surface area contributed by atoms with Crippen LogP contribution in [-0.2, 0) is 17.4 Å². The molecule has 1 amide bonds. The van der Waals surface area contributed by atoms with Crippen LogP contribution in [0.1, 0.15) is 16.8 Å². The molecule has 0 fully saturated rings. The Hall–Kier alpha value is -3.29. The Morgan fingerprint density at radius 3 is 2.45 bits per heavy atom. The molecule has 0 radical (unpaired) electrons. The van der Waals surface area contributed by atoms with E-state index in [1.165, 1.54) is 12.1 Å². The van der Waals surface area contributed by atoms with Gasteiger partial charge in [0.15, 0.2) is 6.61 Å². The maximum atomic E-state index is 12.5. The summed E-state index contributed by atoms with van der Waals surface area (Å²) in [6.45, 7) is 2.03. The van der Waals surface area contributed by atoms with Crippen molar-refractivity contribution in [2.45, 2.75) is 19.5 Å². The molecule has 1 N–H and O–H groups in total. The number of benzene rings is 2. The Morgan fingerprint density at radius 2 is 1.79 bits per heavy atom. The minimum Gasteiger partial charge on any atom is -0.484 e. The highest BCUT2D eigenvalue weighted by Crippen LogP contribution is 2.30. The van der Waals surface area contributed by atoms with Crippen molar-refractivity contribution in [3.63, 3.8) is 0 Å². The topological polar surface area (TPSA) is 64.4 Å².